The molecular weight excluding hydrogens is 292 g/mol. The zero-order chi connectivity index (χ0) is 16.4. The molecule has 6 heteroatoms. The second-order valence-corrected chi connectivity index (χ2v) is 5.72. The van der Waals surface area contributed by atoms with E-state index in [0.717, 1.165) is 28.3 Å². The van der Waals surface area contributed by atoms with Crippen molar-refractivity contribution < 1.29 is 9.53 Å². The fourth-order valence-corrected chi connectivity index (χ4v) is 2.60. The van der Waals surface area contributed by atoms with Gasteiger partial charge < -0.3 is 9.14 Å². The minimum Gasteiger partial charge on any atom is -0.459 e. The van der Waals surface area contributed by atoms with Gasteiger partial charge in [-0.3, -0.25) is 9.48 Å². The fourth-order valence-electron chi connectivity index (χ4n) is 2.60. The molecule has 3 aromatic rings. The summed E-state index contributed by atoms with van der Waals surface area (Å²) in [5, 5.41) is 4.33. The lowest BCUT2D eigenvalue weighted by Gasteiger charge is -2.05. The first-order chi connectivity index (χ1) is 11.0. The van der Waals surface area contributed by atoms with Gasteiger partial charge >= 0.3 is 5.97 Å². The molecule has 0 bridgehead atoms. The van der Waals surface area contributed by atoms with Crippen LogP contribution in [0.3, 0.4) is 0 Å². The molecule has 0 aliphatic carbocycles. The Labute approximate surface area is 134 Å². The van der Waals surface area contributed by atoms with E-state index in [1.54, 1.807) is 0 Å². The van der Waals surface area contributed by atoms with Gasteiger partial charge in [-0.05, 0) is 38.5 Å². The molecule has 0 fully saturated rings. The van der Waals surface area contributed by atoms with Crippen LogP contribution < -0.4 is 0 Å². The summed E-state index contributed by atoms with van der Waals surface area (Å²) < 4.78 is 9.07. The molecule has 0 aliphatic heterocycles. The number of aromatic nitrogens is 4. The van der Waals surface area contributed by atoms with Crippen molar-refractivity contribution in [2.45, 2.75) is 40.3 Å². The summed E-state index contributed by atoms with van der Waals surface area (Å²) in [6.45, 7) is 6.64. The number of pyridine rings is 1. The van der Waals surface area contributed by atoms with Gasteiger partial charge in [0.15, 0.2) is 0 Å². The Balaban J connectivity index is 1.55. The summed E-state index contributed by atoms with van der Waals surface area (Å²) in [7, 11) is 0. The number of carbonyl (C=O) groups is 1. The quantitative estimate of drug-likeness (QED) is 0.679. The Morgan fingerprint density at radius 2 is 2.13 bits per heavy atom. The van der Waals surface area contributed by atoms with Crippen molar-refractivity contribution in [1.29, 1.82) is 0 Å². The first kappa shape index (κ1) is 15.3. The molecule has 0 spiro atoms. The van der Waals surface area contributed by atoms with E-state index in [1.807, 2.05) is 60.4 Å². The molecule has 3 heterocycles. The molecular formula is C17H20N4O2. The van der Waals surface area contributed by atoms with Gasteiger partial charge in [0, 0.05) is 18.1 Å². The molecule has 6 nitrogen and oxygen atoms in total. The van der Waals surface area contributed by atoms with Gasteiger partial charge in [0.2, 0.25) is 0 Å². The van der Waals surface area contributed by atoms with Crippen LogP contribution in [0, 0.1) is 20.8 Å². The highest BCUT2D eigenvalue weighted by Crippen LogP contribution is 2.11. The number of imidazole rings is 1. The first-order valence-electron chi connectivity index (χ1n) is 7.63. The maximum atomic E-state index is 11.9. The Morgan fingerprint density at radius 3 is 2.83 bits per heavy atom. The van der Waals surface area contributed by atoms with E-state index in [2.05, 4.69) is 10.1 Å². The Morgan fingerprint density at radius 1 is 1.30 bits per heavy atom. The number of esters is 1. The summed E-state index contributed by atoms with van der Waals surface area (Å²) in [4.78, 5) is 16.4. The number of ether oxygens (including phenoxy) is 1. The molecule has 3 aromatic heterocycles. The van der Waals surface area contributed by atoms with E-state index >= 15 is 0 Å². The van der Waals surface area contributed by atoms with Crippen molar-refractivity contribution in [1.82, 2.24) is 19.2 Å². The monoisotopic (exact) mass is 312 g/mol. The molecule has 3 rings (SSSR count). The van der Waals surface area contributed by atoms with Crippen molar-refractivity contribution >= 4 is 11.6 Å². The molecule has 0 saturated carbocycles. The third-order valence-electron chi connectivity index (χ3n) is 3.74. The van der Waals surface area contributed by atoms with Crippen LogP contribution >= 0.6 is 0 Å². The third-order valence-corrected chi connectivity index (χ3v) is 3.74. The maximum absolute atomic E-state index is 11.9. The van der Waals surface area contributed by atoms with Gasteiger partial charge in [-0.15, -0.1) is 0 Å². The number of carbonyl (C=O) groups excluding carboxylic acids is 1. The number of hydrogen-bond acceptors (Lipinski definition) is 4. The van der Waals surface area contributed by atoms with E-state index in [9.17, 15) is 4.79 Å². The van der Waals surface area contributed by atoms with Crippen LogP contribution in [0.1, 0.15) is 29.1 Å². The molecule has 120 valence electrons. The van der Waals surface area contributed by atoms with Crippen molar-refractivity contribution in [3.63, 3.8) is 0 Å². The third kappa shape index (κ3) is 3.41. The van der Waals surface area contributed by atoms with Crippen LogP contribution in [-0.4, -0.2) is 25.1 Å². The van der Waals surface area contributed by atoms with Crippen LogP contribution in [-0.2, 0) is 22.7 Å². The molecule has 0 amide bonds. The minimum absolute atomic E-state index is 0.192. The molecule has 0 atom stereocenters. The van der Waals surface area contributed by atoms with E-state index in [0.29, 0.717) is 13.0 Å². The van der Waals surface area contributed by atoms with E-state index in [4.69, 9.17) is 4.74 Å². The van der Waals surface area contributed by atoms with Crippen LogP contribution in [0.5, 0.6) is 0 Å². The van der Waals surface area contributed by atoms with E-state index < -0.39 is 0 Å². The second kappa shape index (κ2) is 6.24. The SMILES string of the molecule is Cc1cc(C)n(CCC(=O)OCc2cn3cccc(C)c3n2)n1. The fraction of sp³-hybridized carbons (Fsp3) is 0.353. The van der Waals surface area contributed by atoms with Gasteiger partial charge in [0.1, 0.15) is 12.3 Å². The maximum Gasteiger partial charge on any atom is 0.308 e. The predicted octanol–water partition coefficient (Wildman–Crippen LogP) is 2.59. The summed E-state index contributed by atoms with van der Waals surface area (Å²) in [6, 6.07) is 5.96. The zero-order valence-corrected chi connectivity index (χ0v) is 13.6. The van der Waals surface area contributed by atoms with Crippen molar-refractivity contribution in [3.8, 4) is 0 Å². The number of hydrogen-bond donors (Lipinski definition) is 0. The smallest absolute Gasteiger partial charge is 0.308 e. The first-order valence-corrected chi connectivity index (χ1v) is 7.63. The molecule has 0 radical (unpaired) electrons. The highest BCUT2D eigenvalue weighted by atomic mass is 16.5. The minimum atomic E-state index is -0.244. The average Bonchev–Trinajstić information content (AvgIpc) is 3.06. The summed E-state index contributed by atoms with van der Waals surface area (Å²) >= 11 is 0. The number of fused-ring (bicyclic) bond motifs is 1. The number of rotatable bonds is 5. The summed E-state index contributed by atoms with van der Waals surface area (Å²) in [5.41, 5.74) is 4.73. The molecule has 0 aromatic carbocycles. The van der Waals surface area contributed by atoms with Crippen molar-refractivity contribution in [2.75, 3.05) is 0 Å². The van der Waals surface area contributed by atoms with Crippen LogP contribution in [0.15, 0.2) is 30.6 Å². The van der Waals surface area contributed by atoms with Crippen LogP contribution in [0.25, 0.3) is 5.65 Å². The Hall–Kier alpha value is -2.63. The molecule has 0 aliphatic rings. The summed E-state index contributed by atoms with van der Waals surface area (Å²) in [6.07, 6.45) is 4.12. The van der Waals surface area contributed by atoms with E-state index in [1.165, 1.54) is 0 Å². The second-order valence-electron chi connectivity index (χ2n) is 5.72. The molecule has 0 unspecified atom stereocenters. The molecule has 0 saturated heterocycles. The average molecular weight is 312 g/mol. The van der Waals surface area contributed by atoms with Gasteiger partial charge in [-0.1, -0.05) is 6.07 Å². The van der Waals surface area contributed by atoms with Gasteiger partial charge in [-0.25, -0.2) is 4.98 Å². The Bertz CT molecular complexity index is 848. The lowest BCUT2D eigenvalue weighted by atomic mass is 10.3. The van der Waals surface area contributed by atoms with Gasteiger partial charge in [0.05, 0.1) is 24.4 Å². The van der Waals surface area contributed by atoms with Crippen molar-refractivity contribution in [2.24, 2.45) is 0 Å². The lowest BCUT2D eigenvalue weighted by Crippen LogP contribution is -2.11. The highest BCUT2D eigenvalue weighted by Gasteiger charge is 2.09. The zero-order valence-electron chi connectivity index (χ0n) is 13.6. The van der Waals surface area contributed by atoms with E-state index in [-0.39, 0.29) is 12.6 Å². The topological polar surface area (TPSA) is 61.4 Å². The van der Waals surface area contributed by atoms with Crippen LogP contribution in [0.4, 0.5) is 0 Å². The highest BCUT2D eigenvalue weighted by molar-refractivity contribution is 5.69. The molecule has 23 heavy (non-hydrogen) atoms. The van der Waals surface area contributed by atoms with Crippen LogP contribution in [0.2, 0.25) is 0 Å². The lowest BCUT2D eigenvalue weighted by molar-refractivity contribution is -0.145. The van der Waals surface area contributed by atoms with Gasteiger partial charge in [-0.2, -0.15) is 5.10 Å². The molecule has 0 N–H and O–H groups in total. The largest absolute Gasteiger partial charge is 0.459 e. The van der Waals surface area contributed by atoms with Crippen molar-refractivity contribution in [3.05, 3.63) is 53.2 Å². The predicted molar refractivity (Wildman–Crippen MR) is 86.0 cm³/mol. The Kier molecular flexibility index (Phi) is 4.14. The van der Waals surface area contributed by atoms with Gasteiger partial charge in [0.25, 0.3) is 0 Å². The number of aryl methyl sites for hydroxylation is 4. The normalized spacial score (nSPS) is 11.1. The standard InChI is InChI=1S/C17H20N4O2/c1-12-5-4-7-20-10-15(18-17(12)20)11-23-16(22)6-8-21-14(3)9-13(2)19-21/h4-5,7,9-10H,6,8,11H2,1-3H3. The summed E-state index contributed by atoms with van der Waals surface area (Å²) in [5.74, 6) is -0.244. The number of nitrogens with zero attached hydrogens (tertiary/aromatic N) is 4.